The Labute approximate surface area is 143 Å². The van der Waals surface area contributed by atoms with Crippen molar-refractivity contribution in [1.82, 2.24) is 0 Å². The Hall–Kier alpha value is -2.75. The van der Waals surface area contributed by atoms with Crippen LogP contribution in [-0.2, 0) is 9.47 Å². The van der Waals surface area contributed by atoms with Crippen molar-refractivity contribution in [2.45, 2.75) is 20.0 Å². The van der Waals surface area contributed by atoms with Crippen molar-refractivity contribution in [2.24, 2.45) is 5.92 Å². The molecule has 1 aromatic carbocycles. The fourth-order valence-corrected chi connectivity index (χ4v) is 2.73. The van der Waals surface area contributed by atoms with Gasteiger partial charge < -0.3 is 14.4 Å². The van der Waals surface area contributed by atoms with E-state index in [1.165, 1.54) is 0 Å². The molecular formula is C15H19N3O7. The van der Waals surface area contributed by atoms with Crippen molar-refractivity contribution in [2.75, 3.05) is 31.7 Å². The first-order valence-corrected chi connectivity index (χ1v) is 7.68. The highest BCUT2D eigenvalue weighted by Gasteiger charge is 2.34. The van der Waals surface area contributed by atoms with Gasteiger partial charge in [-0.1, -0.05) is 13.8 Å². The number of ether oxygens (including phenoxy) is 2. The Morgan fingerprint density at radius 1 is 1.32 bits per heavy atom. The molecule has 1 atom stereocenters. The first-order chi connectivity index (χ1) is 11.8. The number of carbonyl (C=O) groups excluding carboxylic acids is 1. The van der Waals surface area contributed by atoms with Gasteiger partial charge in [0.15, 0.2) is 0 Å². The molecule has 1 fully saturated rings. The third-order valence-electron chi connectivity index (χ3n) is 4.04. The van der Waals surface area contributed by atoms with Crippen molar-refractivity contribution in [3.05, 3.63) is 37.9 Å². The van der Waals surface area contributed by atoms with Gasteiger partial charge in [-0.25, -0.2) is 4.79 Å². The zero-order valence-corrected chi connectivity index (χ0v) is 14.1. The van der Waals surface area contributed by atoms with Gasteiger partial charge in [0.1, 0.15) is 5.69 Å². The summed E-state index contributed by atoms with van der Waals surface area (Å²) in [6.45, 7) is 4.91. The Morgan fingerprint density at radius 3 is 2.52 bits per heavy atom. The van der Waals surface area contributed by atoms with E-state index in [4.69, 9.17) is 4.74 Å². The predicted octanol–water partition coefficient (Wildman–Crippen LogP) is 2.15. The number of hydrogen-bond donors (Lipinski definition) is 0. The van der Waals surface area contributed by atoms with E-state index < -0.39 is 27.2 Å². The maximum atomic E-state index is 12.1. The van der Waals surface area contributed by atoms with E-state index >= 15 is 0 Å². The third kappa shape index (κ3) is 3.85. The molecule has 1 heterocycles. The molecule has 25 heavy (non-hydrogen) atoms. The van der Waals surface area contributed by atoms with Gasteiger partial charge in [0.2, 0.25) is 0 Å². The third-order valence-corrected chi connectivity index (χ3v) is 4.04. The Balaban J connectivity index is 2.62. The highest BCUT2D eigenvalue weighted by Crippen LogP contribution is 2.37. The summed E-state index contributed by atoms with van der Waals surface area (Å²) in [7, 11) is 1.12. The summed E-state index contributed by atoms with van der Waals surface area (Å²) in [5.74, 6) is -0.698. The van der Waals surface area contributed by atoms with Gasteiger partial charge in [-0.2, -0.15) is 0 Å². The van der Waals surface area contributed by atoms with Crippen molar-refractivity contribution >= 4 is 23.0 Å². The van der Waals surface area contributed by atoms with Crippen LogP contribution in [0.15, 0.2) is 12.1 Å². The molecule has 1 aliphatic rings. The van der Waals surface area contributed by atoms with Crippen LogP contribution in [0.3, 0.4) is 0 Å². The lowest BCUT2D eigenvalue weighted by atomic mass is 10.0. The maximum Gasteiger partial charge on any atom is 0.340 e. The van der Waals surface area contributed by atoms with Crippen molar-refractivity contribution < 1.29 is 24.1 Å². The molecule has 0 bridgehead atoms. The molecule has 1 aromatic rings. The zero-order chi connectivity index (χ0) is 18.7. The number of anilines is 1. The van der Waals surface area contributed by atoms with E-state index in [9.17, 15) is 25.0 Å². The molecule has 0 aromatic heterocycles. The topological polar surface area (TPSA) is 125 Å². The van der Waals surface area contributed by atoms with Crippen LogP contribution in [-0.4, -0.2) is 48.7 Å². The first-order valence-electron chi connectivity index (χ1n) is 7.68. The van der Waals surface area contributed by atoms with Crippen LogP contribution in [0.4, 0.5) is 17.1 Å². The average Bonchev–Trinajstić information content (AvgIpc) is 2.59. The molecule has 1 saturated heterocycles. The molecule has 1 unspecified atom stereocenters. The van der Waals surface area contributed by atoms with Crippen LogP contribution in [0.5, 0.6) is 0 Å². The van der Waals surface area contributed by atoms with Crippen LogP contribution in [0, 0.1) is 26.1 Å². The minimum atomic E-state index is -0.866. The highest BCUT2D eigenvalue weighted by atomic mass is 16.6. The van der Waals surface area contributed by atoms with E-state index in [1.807, 2.05) is 13.8 Å². The molecule has 0 amide bonds. The summed E-state index contributed by atoms with van der Waals surface area (Å²) in [5, 5.41) is 22.6. The second kappa shape index (κ2) is 7.43. The summed E-state index contributed by atoms with van der Waals surface area (Å²) in [4.78, 5) is 34.8. The molecule has 10 nitrogen and oxygen atoms in total. The quantitative estimate of drug-likeness (QED) is 0.448. The van der Waals surface area contributed by atoms with E-state index in [2.05, 4.69) is 4.74 Å². The van der Waals surface area contributed by atoms with E-state index in [1.54, 1.807) is 4.90 Å². The normalized spacial score (nSPS) is 17.4. The predicted molar refractivity (Wildman–Crippen MR) is 87.9 cm³/mol. The van der Waals surface area contributed by atoms with Gasteiger partial charge >= 0.3 is 5.97 Å². The number of hydrogen-bond acceptors (Lipinski definition) is 8. The number of benzene rings is 1. The summed E-state index contributed by atoms with van der Waals surface area (Å²) in [6.07, 6.45) is -0.172. The molecule has 2 rings (SSSR count). The largest absolute Gasteiger partial charge is 0.465 e. The zero-order valence-electron chi connectivity index (χ0n) is 14.1. The van der Waals surface area contributed by atoms with Gasteiger partial charge in [0, 0.05) is 19.2 Å². The molecule has 0 aliphatic carbocycles. The molecule has 1 aliphatic heterocycles. The second-order valence-corrected chi connectivity index (χ2v) is 5.97. The number of nitro benzene ring substituents is 2. The minimum Gasteiger partial charge on any atom is -0.465 e. The SMILES string of the molecule is COC(=O)c1cc([N+](=O)[O-])cc([N+](=O)[O-])c1N1CCOC(C(C)C)C1. The monoisotopic (exact) mass is 353 g/mol. The van der Waals surface area contributed by atoms with Gasteiger partial charge in [-0.15, -0.1) is 0 Å². The van der Waals surface area contributed by atoms with Crippen LogP contribution in [0.1, 0.15) is 24.2 Å². The summed E-state index contributed by atoms with van der Waals surface area (Å²) < 4.78 is 10.3. The van der Waals surface area contributed by atoms with Gasteiger partial charge in [-0.05, 0) is 5.92 Å². The van der Waals surface area contributed by atoms with Crippen LogP contribution in [0.2, 0.25) is 0 Å². The number of esters is 1. The molecule has 136 valence electrons. The second-order valence-electron chi connectivity index (χ2n) is 5.97. The van der Waals surface area contributed by atoms with Gasteiger partial charge in [0.25, 0.3) is 11.4 Å². The Bertz CT molecular complexity index is 705. The minimum absolute atomic E-state index is 0.0244. The highest BCUT2D eigenvalue weighted by molar-refractivity contribution is 5.99. The van der Waals surface area contributed by atoms with E-state index in [0.29, 0.717) is 19.7 Å². The average molecular weight is 353 g/mol. The maximum absolute atomic E-state index is 12.1. The number of rotatable bonds is 5. The lowest BCUT2D eigenvalue weighted by molar-refractivity contribution is -0.393. The van der Waals surface area contributed by atoms with Crippen molar-refractivity contribution in [3.63, 3.8) is 0 Å². The number of morpholine rings is 1. The number of nitro groups is 2. The van der Waals surface area contributed by atoms with Crippen molar-refractivity contribution in [3.8, 4) is 0 Å². The fraction of sp³-hybridized carbons (Fsp3) is 0.533. The molecule has 0 radical (unpaired) electrons. The summed E-state index contributed by atoms with van der Waals surface area (Å²) in [6, 6.07) is 1.87. The lowest BCUT2D eigenvalue weighted by Gasteiger charge is -2.36. The number of methoxy groups -OCH3 is 1. The van der Waals surface area contributed by atoms with Crippen molar-refractivity contribution in [1.29, 1.82) is 0 Å². The standard InChI is InChI=1S/C15H19N3O7/c1-9(2)13-8-16(4-5-25-13)14-11(15(19)24-3)6-10(17(20)21)7-12(14)18(22)23/h6-7,9,13H,4-5,8H2,1-3H3. The van der Waals surface area contributed by atoms with Gasteiger partial charge in [-0.3, -0.25) is 20.2 Å². The molecule has 0 saturated carbocycles. The number of carbonyl (C=O) groups is 1. The molecular weight excluding hydrogens is 334 g/mol. The van der Waals surface area contributed by atoms with Crippen LogP contribution < -0.4 is 4.90 Å². The summed E-state index contributed by atoms with van der Waals surface area (Å²) >= 11 is 0. The smallest absolute Gasteiger partial charge is 0.340 e. The number of non-ortho nitro benzene ring substituents is 1. The first kappa shape index (κ1) is 18.6. The molecule has 0 spiro atoms. The fourth-order valence-electron chi connectivity index (χ4n) is 2.73. The Morgan fingerprint density at radius 2 is 2.00 bits per heavy atom. The molecule has 10 heteroatoms. The van der Waals surface area contributed by atoms with E-state index in [0.717, 1.165) is 19.2 Å². The van der Waals surface area contributed by atoms with Crippen LogP contribution >= 0.6 is 0 Å². The lowest BCUT2D eigenvalue weighted by Crippen LogP contribution is -2.45. The Kier molecular flexibility index (Phi) is 5.52. The van der Waals surface area contributed by atoms with E-state index in [-0.39, 0.29) is 23.3 Å². The van der Waals surface area contributed by atoms with Crippen LogP contribution in [0.25, 0.3) is 0 Å². The number of nitrogens with zero attached hydrogens (tertiary/aromatic N) is 3. The van der Waals surface area contributed by atoms with Gasteiger partial charge in [0.05, 0.1) is 41.3 Å². The summed E-state index contributed by atoms with van der Waals surface area (Å²) in [5.41, 5.74) is -1.22. The molecule has 0 N–H and O–H groups in total.